The molecule has 0 spiro atoms. The fourth-order valence-corrected chi connectivity index (χ4v) is 3.78. The van der Waals surface area contributed by atoms with Crippen molar-refractivity contribution >= 4 is 33.2 Å². The van der Waals surface area contributed by atoms with Crippen LogP contribution in [0.3, 0.4) is 0 Å². The maximum absolute atomic E-state index is 12.5. The maximum atomic E-state index is 12.5. The van der Waals surface area contributed by atoms with Gasteiger partial charge in [0.2, 0.25) is 11.0 Å². The zero-order valence-electron chi connectivity index (χ0n) is 15.3. The second-order valence-corrected chi connectivity index (χ2v) is 8.28. The molecule has 3 rings (SSSR count). The average molecular weight is 406 g/mol. The Hall–Kier alpha value is -2.85. The fraction of sp³-hybridized carbons (Fsp3) is 0.333. The van der Waals surface area contributed by atoms with Crippen molar-refractivity contribution in [1.29, 1.82) is 0 Å². The van der Waals surface area contributed by atoms with Crippen LogP contribution in [0.1, 0.15) is 23.4 Å². The van der Waals surface area contributed by atoms with Gasteiger partial charge in [0.15, 0.2) is 5.76 Å². The molecule has 0 saturated carbocycles. The van der Waals surface area contributed by atoms with E-state index in [-0.39, 0.29) is 22.7 Å². The van der Waals surface area contributed by atoms with Crippen LogP contribution < -0.4 is 20.7 Å². The Labute approximate surface area is 162 Å². The number of nitrogens with two attached hydrogens (primary N) is 1. The molecular weight excluding hydrogens is 384 g/mol. The number of hydrogen-bond acceptors (Lipinski definition) is 6. The Morgan fingerprint density at radius 2 is 1.82 bits per heavy atom. The predicted molar refractivity (Wildman–Crippen MR) is 103 cm³/mol. The van der Waals surface area contributed by atoms with Gasteiger partial charge >= 0.3 is 0 Å². The highest BCUT2D eigenvalue weighted by atomic mass is 32.2. The molecule has 9 nitrogen and oxygen atoms in total. The zero-order chi connectivity index (χ0) is 20.3. The van der Waals surface area contributed by atoms with E-state index in [2.05, 4.69) is 14.9 Å². The molecule has 0 atom stereocenters. The number of carbonyl (C=O) groups excluding carboxylic acids is 2. The summed E-state index contributed by atoms with van der Waals surface area (Å²) >= 11 is 0. The highest BCUT2D eigenvalue weighted by molar-refractivity contribution is 7.89. The van der Waals surface area contributed by atoms with Crippen LogP contribution in [0.2, 0.25) is 0 Å². The van der Waals surface area contributed by atoms with Gasteiger partial charge in [-0.3, -0.25) is 9.59 Å². The van der Waals surface area contributed by atoms with Crippen molar-refractivity contribution in [2.75, 3.05) is 30.4 Å². The monoisotopic (exact) mass is 406 g/mol. The number of anilines is 2. The van der Waals surface area contributed by atoms with Crippen molar-refractivity contribution < 1.29 is 22.4 Å². The number of piperidine rings is 1. The van der Waals surface area contributed by atoms with Crippen LogP contribution in [0.5, 0.6) is 0 Å². The molecule has 1 saturated heterocycles. The van der Waals surface area contributed by atoms with Gasteiger partial charge in [0.05, 0.1) is 11.4 Å². The lowest BCUT2D eigenvalue weighted by Gasteiger charge is -2.33. The van der Waals surface area contributed by atoms with Crippen molar-refractivity contribution in [3.8, 4) is 0 Å². The first-order valence-corrected chi connectivity index (χ1v) is 10.3. The van der Waals surface area contributed by atoms with E-state index in [9.17, 15) is 18.0 Å². The second-order valence-electron chi connectivity index (χ2n) is 6.46. The van der Waals surface area contributed by atoms with Crippen LogP contribution in [0.4, 0.5) is 11.4 Å². The number of carbonyl (C=O) groups is 2. The Bertz CT molecular complexity index is 977. The SMILES string of the molecule is CNS(=O)(=O)c1ccc(C(=O)Nc2ccccc2N2CCC(C(N)=O)CC2)o1. The van der Waals surface area contributed by atoms with E-state index in [0.717, 1.165) is 5.69 Å². The molecule has 150 valence electrons. The quantitative estimate of drug-likeness (QED) is 0.658. The molecule has 4 N–H and O–H groups in total. The van der Waals surface area contributed by atoms with Gasteiger partial charge in [-0.05, 0) is 44.2 Å². The van der Waals surface area contributed by atoms with Gasteiger partial charge < -0.3 is 20.4 Å². The van der Waals surface area contributed by atoms with E-state index in [1.165, 1.54) is 19.2 Å². The molecule has 2 heterocycles. The molecule has 10 heteroatoms. The lowest BCUT2D eigenvalue weighted by atomic mass is 9.96. The Balaban J connectivity index is 1.75. The van der Waals surface area contributed by atoms with Gasteiger partial charge in [0.25, 0.3) is 15.9 Å². The Kier molecular flexibility index (Phi) is 5.71. The van der Waals surface area contributed by atoms with Crippen LogP contribution in [0.15, 0.2) is 45.9 Å². The van der Waals surface area contributed by atoms with Crippen molar-refractivity contribution in [2.24, 2.45) is 11.7 Å². The summed E-state index contributed by atoms with van der Waals surface area (Å²) in [4.78, 5) is 25.9. The topological polar surface area (TPSA) is 135 Å². The summed E-state index contributed by atoms with van der Waals surface area (Å²) in [5.74, 6) is -1.09. The number of benzene rings is 1. The van der Waals surface area contributed by atoms with Crippen LogP contribution >= 0.6 is 0 Å². The molecule has 1 aromatic carbocycles. The molecule has 0 bridgehead atoms. The van der Waals surface area contributed by atoms with E-state index >= 15 is 0 Å². The number of hydrogen-bond donors (Lipinski definition) is 3. The van der Waals surface area contributed by atoms with Crippen LogP contribution in [-0.2, 0) is 14.8 Å². The smallest absolute Gasteiger partial charge is 0.291 e. The van der Waals surface area contributed by atoms with E-state index in [1.807, 2.05) is 12.1 Å². The third kappa shape index (κ3) is 4.18. The highest BCUT2D eigenvalue weighted by Gasteiger charge is 2.25. The second kappa shape index (κ2) is 8.03. The summed E-state index contributed by atoms with van der Waals surface area (Å²) in [5.41, 5.74) is 6.76. The minimum absolute atomic E-state index is 0.115. The number of amides is 2. The molecule has 1 aliphatic rings. The van der Waals surface area contributed by atoms with E-state index in [4.69, 9.17) is 10.2 Å². The third-order valence-corrected chi connectivity index (χ3v) is 6.02. The van der Waals surface area contributed by atoms with Crippen LogP contribution in [-0.4, -0.2) is 40.4 Å². The first kappa shape index (κ1) is 19.9. The summed E-state index contributed by atoms with van der Waals surface area (Å²) in [7, 11) is -2.50. The number of furan rings is 1. The molecular formula is C18H22N4O5S. The summed E-state index contributed by atoms with van der Waals surface area (Å²) in [5, 5.41) is 2.43. The number of rotatable bonds is 6. The summed E-state index contributed by atoms with van der Waals surface area (Å²) in [6.07, 6.45) is 1.31. The Morgan fingerprint density at radius 1 is 1.14 bits per heavy atom. The van der Waals surface area contributed by atoms with Crippen LogP contribution in [0.25, 0.3) is 0 Å². The maximum Gasteiger partial charge on any atom is 0.291 e. The first-order valence-electron chi connectivity index (χ1n) is 8.80. The van der Waals surface area contributed by atoms with Gasteiger partial charge in [-0.2, -0.15) is 0 Å². The van der Waals surface area contributed by atoms with Gasteiger partial charge in [-0.25, -0.2) is 13.1 Å². The van der Waals surface area contributed by atoms with Gasteiger partial charge in [-0.15, -0.1) is 0 Å². The number of nitrogens with zero attached hydrogens (tertiary/aromatic N) is 1. The molecule has 1 fully saturated rings. The average Bonchev–Trinajstić information content (AvgIpc) is 3.20. The number of para-hydroxylation sites is 2. The van der Waals surface area contributed by atoms with Crippen molar-refractivity contribution in [3.05, 3.63) is 42.2 Å². The van der Waals surface area contributed by atoms with Crippen molar-refractivity contribution in [3.63, 3.8) is 0 Å². The standard InChI is InChI=1S/C18H22N4O5S/c1-20-28(25,26)16-7-6-15(27-16)18(24)21-13-4-2-3-5-14(13)22-10-8-12(9-11-22)17(19)23/h2-7,12,20H,8-11H2,1H3,(H2,19,23)(H,21,24). The summed E-state index contributed by atoms with van der Waals surface area (Å²) in [6, 6.07) is 9.80. The molecule has 1 aromatic heterocycles. The van der Waals surface area contributed by atoms with Gasteiger partial charge in [-0.1, -0.05) is 12.1 Å². The van der Waals surface area contributed by atoms with Gasteiger partial charge in [0, 0.05) is 19.0 Å². The molecule has 0 aliphatic carbocycles. The van der Waals surface area contributed by atoms with Crippen LogP contribution in [0, 0.1) is 5.92 Å². The minimum atomic E-state index is -3.76. The zero-order valence-corrected chi connectivity index (χ0v) is 16.2. The van der Waals surface area contributed by atoms with Gasteiger partial charge in [0.1, 0.15) is 0 Å². The largest absolute Gasteiger partial charge is 0.438 e. The van der Waals surface area contributed by atoms with E-state index in [0.29, 0.717) is 31.6 Å². The predicted octanol–water partition coefficient (Wildman–Crippen LogP) is 1.14. The number of nitrogens with one attached hydrogen (secondary N) is 2. The molecule has 0 radical (unpaired) electrons. The fourth-order valence-electron chi connectivity index (χ4n) is 3.13. The summed E-state index contributed by atoms with van der Waals surface area (Å²) in [6.45, 7) is 1.29. The molecule has 1 aliphatic heterocycles. The molecule has 28 heavy (non-hydrogen) atoms. The summed E-state index contributed by atoms with van der Waals surface area (Å²) < 4.78 is 30.8. The van der Waals surface area contributed by atoms with Crippen molar-refractivity contribution in [2.45, 2.75) is 17.9 Å². The molecule has 0 unspecified atom stereocenters. The normalized spacial score (nSPS) is 15.4. The lowest BCUT2D eigenvalue weighted by molar-refractivity contribution is -0.122. The Morgan fingerprint density at radius 3 is 2.46 bits per heavy atom. The van der Waals surface area contributed by atoms with Crippen molar-refractivity contribution in [1.82, 2.24) is 4.72 Å². The third-order valence-electron chi connectivity index (χ3n) is 4.73. The number of primary amides is 1. The van der Waals surface area contributed by atoms with E-state index in [1.54, 1.807) is 12.1 Å². The minimum Gasteiger partial charge on any atom is -0.438 e. The molecule has 2 amide bonds. The number of sulfonamides is 1. The first-order chi connectivity index (χ1) is 13.3. The molecule has 2 aromatic rings. The lowest BCUT2D eigenvalue weighted by Crippen LogP contribution is -2.38. The highest BCUT2D eigenvalue weighted by Crippen LogP contribution is 2.30. The van der Waals surface area contributed by atoms with E-state index < -0.39 is 15.9 Å².